The quantitative estimate of drug-likeness (QED) is 0.651. The summed E-state index contributed by atoms with van der Waals surface area (Å²) in [4.78, 5) is 0. The van der Waals surface area contributed by atoms with Crippen molar-refractivity contribution in [2.75, 3.05) is 0 Å². The van der Waals surface area contributed by atoms with Crippen LogP contribution in [0.15, 0.2) is 0 Å². The summed E-state index contributed by atoms with van der Waals surface area (Å²) in [6.07, 6.45) is -5.63. The zero-order valence-corrected chi connectivity index (χ0v) is 13.8. The number of fused-ring (bicyclic) bond motifs is 5. The van der Waals surface area contributed by atoms with Gasteiger partial charge in [-0.1, -0.05) is 0 Å². The van der Waals surface area contributed by atoms with Crippen LogP contribution in [0.4, 0.5) is 30.7 Å². The summed E-state index contributed by atoms with van der Waals surface area (Å²) in [7, 11) is 0. The first-order valence-electron chi connectivity index (χ1n) is 8.42. The van der Waals surface area contributed by atoms with Gasteiger partial charge in [0.1, 0.15) is 0 Å². The summed E-state index contributed by atoms with van der Waals surface area (Å²) >= 11 is 0. The molecular formula is C16H21F7O2. The van der Waals surface area contributed by atoms with Crippen LogP contribution in [-0.2, 0) is 9.47 Å². The van der Waals surface area contributed by atoms with Gasteiger partial charge in [0.15, 0.2) is 5.67 Å². The lowest BCUT2D eigenvalue weighted by molar-refractivity contribution is -0.317. The van der Waals surface area contributed by atoms with Crippen LogP contribution in [0.5, 0.6) is 0 Å². The first kappa shape index (κ1) is 19.2. The summed E-state index contributed by atoms with van der Waals surface area (Å²) in [6, 6.07) is 0. The Morgan fingerprint density at radius 2 is 1.48 bits per heavy atom. The number of hydrogen-bond donors (Lipinski definition) is 0. The van der Waals surface area contributed by atoms with Crippen molar-refractivity contribution in [1.29, 1.82) is 0 Å². The highest BCUT2D eigenvalue weighted by Crippen LogP contribution is 2.53. The zero-order valence-electron chi connectivity index (χ0n) is 13.8. The maximum absolute atomic E-state index is 14.5. The Bertz CT molecular complexity index is 511. The Labute approximate surface area is 141 Å². The van der Waals surface area contributed by atoms with E-state index >= 15 is 0 Å². The van der Waals surface area contributed by atoms with Crippen LogP contribution in [0.25, 0.3) is 0 Å². The molecule has 3 rings (SSSR count). The first-order chi connectivity index (χ1) is 11.4. The Kier molecular flexibility index (Phi) is 4.59. The molecule has 3 aliphatic rings. The fourth-order valence-electron chi connectivity index (χ4n) is 4.42. The Morgan fingerprint density at radius 3 is 2.00 bits per heavy atom. The highest BCUT2D eigenvalue weighted by atomic mass is 19.3. The van der Waals surface area contributed by atoms with Gasteiger partial charge in [-0.3, -0.25) is 0 Å². The second kappa shape index (κ2) is 5.97. The molecule has 0 aromatic heterocycles. The lowest BCUT2D eigenvalue weighted by Gasteiger charge is -2.45. The molecule has 1 heterocycles. The Morgan fingerprint density at radius 1 is 0.960 bits per heavy atom. The predicted octanol–water partition coefficient (Wildman–Crippen LogP) is 4.61. The largest absolute Gasteiger partial charge is 0.372 e. The lowest BCUT2D eigenvalue weighted by atomic mass is 9.86. The van der Waals surface area contributed by atoms with Gasteiger partial charge >= 0.3 is 18.3 Å². The van der Waals surface area contributed by atoms with Crippen molar-refractivity contribution in [3.05, 3.63) is 0 Å². The molecule has 0 spiro atoms. The van der Waals surface area contributed by atoms with E-state index in [9.17, 15) is 30.7 Å². The molecule has 2 nitrogen and oxygen atoms in total. The third kappa shape index (κ3) is 2.85. The van der Waals surface area contributed by atoms with Crippen LogP contribution in [0, 0.1) is 11.8 Å². The molecule has 3 fully saturated rings. The fraction of sp³-hybridized carbons (Fsp3) is 1.00. The van der Waals surface area contributed by atoms with Crippen LogP contribution in [0.2, 0.25) is 0 Å². The number of hydrogen-bond acceptors (Lipinski definition) is 2. The van der Waals surface area contributed by atoms with Crippen molar-refractivity contribution in [3.8, 4) is 0 Å². The molecule has 146 valence electrons. The molecule has 2 bridgehead atoms. The standard InChI is InChI=1S/C16H21F7O2/c1-7-10(25-12-9-4-3-8(5-9)11(12)24-7)6-14(2,19)16(22,23)15(20,21)13(17)18/h7-13H,3-6H2,1-2H3. The van der Waals surface area contributed by atoms with E-state index in [1.807, 2.05) is 0 Å². The molecule has 0 N–H and O–H groups in total. The molecular weight excluding hydrogens is 357 g/mol. The molecule has 0 aromatic rings. The summed E-state index contributed by atoms with van der Waals surface area (Å²) in [5, 5.41) is 0. The van der Waals surface area contributed by atoms with Crippen LogP contribution in [0.3, 0.4) is 0 Å². The molecule has 2 saturated carbocycles. The minimum Gasteiger partial charge on any atom is -0.370 e. The van der Waals surface area contributed by atoms with E-state index in [1.54, 1.807) is 0 Å². The van der Waals surface area contributed by atoms with Gasteiger partial charge in [0.2, 0.25) is 0 Å². The summed E-state index contributed by atoms with van der Waals surface area (Å²) in [6.45, 7) is 1.71. The van der Waals surface area contributed by atoms with Crippen molar-refractivity contribution in [2.24, 2.45) is 11.8 Å². The minimum atomic E-state index is -5.77. The van der Waals surface area contributed by atoms with Gasteiger partial charge in [0.05, 0.1) is 24.4 Å². The molecule has 0 amide bonds. The van der Waals surface area contributed by atoms with Gasteiger partial charge in [-0.25, -0.2) is 13.2 Å². The van der Waals surface area contributed by atoms with Gasteiger partial charge in [-0.15, -0.1) is 0 Å². The normalized spacial score (nSPS) is 41.0. The number of halogens is 7. The smallest absolute Gasteiger partial charge is 0.370 e. The second-order valence-corrected chi connectivity index (χ2v) is 7.68. The van der Waals surface area contributed by atoms with Crippen LogP contribution < -0.4 is 0 Å². The van der Waals surface area contributed by atoms with Crippen molar-refractivity contribution in [2.45, 2.75) is 87.9 Å². The van der Waals surface area contributed by atoms with E-state index in [2.05, 4.69) is 0 Å². The van der Waals surface area contributed by atoms with Gasteiger partial charge < -0.3 is 9.47 Å². The molecule has 0 radical (unpaired) electrons. The van der Waals surface area contributed by atoms with Crippen molar-refractivity contribution in [1.82, 2.24) is 0 Å². The Balaban J connectivity index is 1.74. The van der Waals surface area contributed by atoms with Crippen molar-refractivity contribution < 1.29 is 40.2 Å². The Hall–Kier alpha value is -0.570. The topological polar surface area (TPSA) is 18.5 Å². The van der Waals surface area contributed by atoms with E-state index in [-0.39, 0.29) is 25.0 Å². The van der Waals surface area contributed by atoms with Crippen LogP contribution in [0.1, 0.15) is 39.5 Å². The van der Waals surface area contributed by atoms with Crippen LogP contribution >= 0.6 is 0 Å². The van der Waals surface area contributed by atoms with Crippen LogP contribution in [-0.4, -0.2) is 48.4 Å². The fourth-order valence-corrected chi connectivity index (χ4v) is 4.42. The number of ether oxygens (including phenoxy) is 2. The molecule has 9 heteroatoms. The average Bonchev–Trinajstić information content (AvgIpc) is 3.08. The molecule has 25 heavy (non-hydrogen) atoms. The number of alkyl halides is 7. The molecule has 1 aliphatic heterocycles. The predicted molar refractivity (Wildman–Crippen MR) is 73.9 cm³/mol. The third-order valence-electron chi connectivity index (χ3n) is 5.93. The van der Waals surface area contributed by atoms with E-state index < -0.39 is 42.6 Å². The van der Waals surface area contributed by atoms with E-state index in [1.165, 1.54) is 6.92 Å². The van der Waals surface area contributed by atoms with Gasteiger partial charge in [0, 0.05) is 6.42 Å². The summed E-state index contributed by atoms with van der Waals surface area (Å²) in [5.74, 6) is -10.8. The summed E-state index contributed by atoms with van der Waals surface area (Å²) < 4.78 is 105. The maximum Gasteiger partial charge on any atom is 0.372 e. The number of rotatable bonds is 5. The summed E-state index contributed by atoms with van der Waals surface area (Å²) in [5.41, 5.74) is -3.88. The minimum absolute atomic E-state index is 0.180. The van der Waals surface area contributed by atoms with E-state index in [0.29, 0.717) is 5.92 Å². The second-order valence-electron chi connectivity index (χ2n) is 7.68. The third-order valence-corrected chi connectivity index (χ3v) is 5.93. The SMILES string of the molecule is CC1OC2C3CCC(C3)C2OC1CC(C)(F)C(F)(F)C(F)(F)C(F)F. The molecule has 1 saturated heterocycles. The van der Waals surface area contributed by atoms with Crippen molar-refractivity contribution >= 4 is 0 Å². The van der Waals surface area contributed by atoms with Gasteiger partial charge in [0.25, 0.3) is 0 Å². The molecule has 0 aromatic carbocycles. The van der Waals surface area contributed by atoms with Crippen molar-refractivity contribution in [3.63, 3.8) is 0 Å². The van der Waals surface area contributed by atoms with Gasteiger partial charge in [-0.05, 0) is 44.9 Å². The van der Waals surface area contributed by atoms with E-state index in [4.69, 9.17) is 9.47 Å². The first-order valence-corrected chi connectivity index (χ1v) is 8.42. The average molecular weight is 378 g/mol. The molecule has 2 aliphatic carbocycles. The monoisotopic (exact) mass is 378 g/mol. The molecule has 7 atom stereocenters. The lowest BCUT2D eigenvalue weighted by Crippen LogP contribution is -2.61. The maximum atomic E-state index is 14.5. The highest BCUT2D eigenvalue weighted by molar-refractivity contribution is 5.05. The van der Waals surface area contributed by atoms with E-state index in [0.717, 1.165) is 19.3 Å². The van der Waals surface area contributed by atoms with Gasteiger partial charge in [-0.2, -0.15) is 17.6 Å². The molecule has 7 unspecified atom stereocenters. The zero-order chi connectivity index (χ0) is 18.8. The highest BCUT2D eigenvalue weighted by Gasteiger charge is 2.72.